The number of hydrogen-bond acceptors (Lipinski definition) is 5. The van der Waals surface area contributed by atoms with Crippen molar-refractivity contribution in [3.8, 4) is 11.5 Å². The molecule has 3 rings (SSSR count). The zero-order valence-electron chi connectivity index (χ0n) is 18.2. The third kappa shape index (κ3) is 6.54. The molecule has 0 radical (unpaired) electrons. The first-order chi connectivity index (χ1) is 15.5. The molecule has 2 aromatic carbocycles. The molecule has 0 spiro atoms. The van der Waals surface area contributed by atoms with Crippen LogP contribution in [0.1, 0.15) is 37.0 Å². The van der Waals surface area contributed by atoms with E-state index in [4.69, 9.17) is 26.4 Å². The number of halogens is 1. The van der Waals surface area contributed by atoms with Gasteiger partial charge < -0.3 is 30.2 Å². The summed E-state index contributed by atoms with van der Waals surface area (Å²) in [5.74, 6) is 0.167. The van der Waals surface area contributed by atoms with E-state index in [0.717, 1.165) is 19.4 Å². The van der Waals surface area contributed by atoms with Gasteiger partial charge in [-0.1, -0.05) is 0 Å². The minimum absolute atomic E-state index is 0.157. The van der Waals surface area contributed by atoms with Crippen LogP contribution in [0.5, 0.6) is 11.5 Å². The van der Waals surface area contributed by atoms with Crippen LogP contribution < -0.4 is 25.4 Å². The predicted molar refractivity (Wildman–Crippen MR) is 126 cm³/mol. The van der Waals surface area contributed by atoms with Gasteiger partial charge in [0.25, 0.3) is 5.91 Å². The largest absolute Gasteiger partial charge is 0.492 e. The van der Waals surface area contributed by atoms with E-state index in [9.17, 15) is 9.18 Å². The first-order valence-electron chi connectivity index (χ1n) is 10.7. The molecule has 1 saturated heterocycles. The molecule has 1 fully saturated rings. The average Bonchev–Trinajstić information content (AvgIpc) is 3.29. The van der Waals surface area contributed by atoms with Gasteiger partial charge in [-0.25, -0.2) is 4.39 Å². The Morgan fingerprint density at radius 2 is 1.72 bits per heavy atom. The minimum Gasteiger partial charge on any atom is -0.492 e. The van der Waals surface area contributed by atoms with Gasteiger partial charge in [0, 0.05) is 30.8 Å². The van der Waals surface area contributed by atoms with Crippen LogP contribution in [0.3, 0.4) is 0 Å². The maximum Gasteiger partial charge on any atom is 0.255 e. The summed E-state index contributed by atoms with van der Waals surface area (Å²) < 4.78 is 30.3. The van der Waals surface area contributed by atoms with E-state index in [2.05, 4.69) is 16.0 Å². The van der Waals surface area contributed by atoms with Gasteiger partial charge in [0.1, 0.15) is 17.3 Å². The number of amides is 1. The highest BCUT2D eigenvalue weighted by molar-refractivity contribution is 7.80. The second-order valence-corrected chi connectivity index (χ2v) is 7.55. The molecule has 9 heteroatoms. The molecule has 0 aromatic heterocycles. The molecule has 2 aromatic rings. The standard InChI is InChI=1S/C23H28FN3O4S/c1-3-29-20-13-19(27-23(32)25-14-17-6-5-11-31-17)21(30-4-2)12-18(20)26-22(28)15-7-9-16(24)10-8-15/h7-10,12-13,17H,3-6,11,14H2,1-2H3,(H,26,28)(H2,25,27,32)/t17-/m1/s1. The van der Waals surface area contributed by atoms with Crippen LogP contribution in [-0.2, 0) is 4.74 Å². The van der Waals surface area contributed by atoms with Crippen LogP contribution in [0.2, 0.25) is 0 Å². The van der Waals surface area contributed by atoms with E-state index in [1.54, 1.807) is 12.1 Å². The molecule has 172 valence electrons. The molecule has 1 atom stereocenters. The lowest BCUT2D eigenvalue weighted by Crippen LogP contribution is -2.34. The van der Waals surface area contributed by atoms with E-state index >= 15 is 0 Å². The third-order valence-corrected chi connectivity index (χ3v) is 5.04. The lowest BCUT2D eigenvalue weighted by molar-refractivity contribution is 0.102. The maximum absolute atomic E-state index is 13.2. The molecule has 0 bridgehead atoms. The number of rotatable bonds is 9. The first kappa shape index (κ1) is 23.7. The van der Waals surface area contributed by atoms with Crippen molar-refractivity contribution in [1.29, 1.82) is 0 Å². The SMILES string of the molecule is CCOc1cc(NC(=S)NC[C@H]2CCCO2)c(OCC)cc1NC(=O)c1ccc(F)cc1. The number of carbonyl (C=O) groups excluding carboxylic acids is 1. The topological polar surface area (TPSA) is 80.8 Å². The third-order valence-electron chi connectivity index (χ3n) is 4.80. The summed E-state index contributed by atoms with van der Waals surface area (Å²) in [6.45, 7) is 5.94. The molecule has 0 saturated carbocycles. The van der Waals surface area contributed by atoms with Gasteiger partial charge in [-0.05, 0) is 63.2 Å². The van der Waals surface area contributed by atoms with Crippen LogP contribution in [0.25, 0.3) is 0 Å². The van der Waals surface area contributed by atoms with Gasteiger partial charge in [-0.3, -0.25) is 4.79 Å². The van der Waals surface area contributed by atoms with Crippen molar-refractivity contribution in [3.63, 3.8) is 0 Å². The lowest BCUT2D eigenvalue weighted by atomic mass is 10.2. The summed E-state index contributed by atoms with van der Waals surface area (Å²) in [5.41, 5.74) is 1.38. The van der Waals surface area contributed by atoms with Crippen LogP contribution in [0.4, 0.5) is 15.8 Å². The fourth-order valence-electron chi connectivity index (χ4n) is 3.28. The number of hydrogen-bond donors (Lipinski definition) is 3. The monoisotopic (exact) mass is 461 g/mol. The average molecular weight is 462 g/mol. The number of carbonyl (C=O) groups is 1. The summed E-state index contributed by atoms with van der Waals surface area (Å²) in [7, 11) is 0. The van der Waals surface area contributed by atoms with Crippen molar-refractivity contribution in [2.24, 2.45) is 0 Å². The Balaban J connectivity index is 1.78. The molecule has 7 nitrogen and oxygen atoms in total. The van der Waals surface area contributed by atoms with Crippen molar-refractivity contribution < 1.29 is 23.4 Å². The first-order valence-corrected chi connectivity index (χ1v) is 11.1. The Kier molecular flexibility index (Phi) is 8.64. The van der Waals surface area contributed by atoms with Crippen LogP contribution in [0, 0.1) is 5.82 Å². The molecule has 0 aliphatic carbocycles. The maximum atomic E-state index is 13.2. The summed E-state index contributed by atoms with van der Waals surface area (Å²) in [6.07, 6.45) is 2.23. The Morgan fingerprint density at radius 1 is 1.09 bits per heavy atom. The van der Waals surface area contributed by atoms with Crippen LogP contribution in [0.15, 0.2) is 36.4 Å². The van der Waals surface area contributed by atoms with Crippen molar-refractivity contribution in [3.05, 3.63) is 47.8 Å². The van der Waals surface area contributed by atoms with Gasteiger partial charge in [0.05, 0.1) is 30.7 Å². The van der Waals surface area contributed by atoms with E-state index in [-0.39, 0.29) is 12.0 Å². The Bertz CT molecular complexity index is 934. The van der Waals surface area contributed by atoms with Crippen molar-refractivity contribution in [2.45, 2.75) is 32.8 Å². The molecular formula is C23H28FN3O4S. The summed E-state index contributed by atoms with van der Waals surface area (Å²) in [6, 6.07) is 8.73. The number of thiocarbonyl (C=S) groups is 1. The van der Waals surface area contributed by atoms with Gasteiger partial charge in [-0.15, -0.1) is 0 Å². The van der Waals surface area contributed by atoms with Crippen LogP contribution >= 0.6 is 12.2 Å². The molecule has 1 aliphatic heterocycles. The number of anilines is 2. The van der Waals surface area contributed by atoms with E-state index in [0.29, 0.717) is 53.3 Å². The molecule has 32 heavy (non-hydrogen) atoms. The zero-order valence-corrected chi connectivity index (χ0v) is 19.0. The van der Waals surface area contributed by atoms with Gasteiger partial charge >= 0.3 is 0 Å². The molecule has 3 N–H and O–H groups in total. The van der Waals surface area contributed by atoms with E-state index in [1.165, 1.54) is 24.3 Å². The fraction of sp³-hybridized carbons (Fsp3) is 0.391. The number of ether oxygens (including phenoxy) is 3. The number of nitrogens with one attached hydrogen (secondary N) is 3. The molecule has 0 unspecified atom stereocenters. The van der Waals surface area contributed by atoms with E-state index < -0.39 is 5.82 Å². The Hall–Kier alpha value is -2.91. The van der Waals surface area contributed by atoms with Gasteiger partial charge in [0.2, 0.25) is 0 Å². The fourth-order valence-corrected chi connectivity index (χ4v) is 3.47. The normalized spacial score (nSPS) is 15.2. The highest BCUT2D eigenvalue weighted by Crippen LogP contribution is 2.37. The molecule has 1 amide bonds. The quantitative estimate of drug-likeness (QED) is 0.479. The molecule has 1 aliphatic rings. The summed E-state index contributed by atoms with van der Waals surface area (Å²) in [5, 5.41) is 9.56. The zero-order chi connectivity index (χ0) is 22.9. The minimum atomic E-state index is -0.408. The second-order valence-electron chi connectivity index (χ2n) is 7.14. The lowest BCUT2D eigenvalue weighted by Gasteiger charge is -2.19. The van der Waals surface area contributed by atoms with Crippen molar-refractivity contribution in [2.75, 3.05) is 37.0 Å². The summed E-state index contributed by atoms with van der Waals surface area (Å²) in [4.78, 5) is 12.6. The van der Waals surface area contributed by atoms with E-state index in [1.807, 2.05) is 13.8 Å². The molecule has 1 heterocycles. The van der Waals surface area contributed by atoms with Crippen molar-refractivity contribution in [1.82, 2.24) is 5.32 Å². The van der Waals surface area contributed by atoms with Gasteiger partial charge in [-0.2, -0.15) is 0 Å². The highest BCUT2D eigenvalue weighted by atomic mass is 32.1. The second kappa shape index (κ2) is 11.6. The summed E-state index contributed by atoms with van der Waals surface area (Å²) >= 11 is 5.42. The Labute approximate surface area is 192 Å². The van der Waals surface area contributed by atoms with Crippen molar-refractivity contribution >= 4 is 34.6 Å². The smallest absolute Gasteiger partial charge is 0.255 e. The van der Waals surface area contributed by atoms with Gasteiger partial charge in [0.15, 0.2) is 5.11 Å². The highest BCUT2D eigenvalue weighted by Gasteiger charge is 2.18. The van der Waals surface area contributed by atoms with Crippen LogP contribution in [-0.4, -0.2) is 43.5 Å². The predicted octanol–water partition coefficient (Wildman–Crippen LogP) is 4.34. The Morgan fingerprint density at radius 3 is 2.28 bits per heavy atom. The number of benzene rings is 2. The molecular weight excluding hydrogens is 433 g/mol.